The van der Waals surface area contributed by atoms with E-state index in [-0.39, 0.29) is 17.9 Å². The minimum atomic E-state index is -0.602. The summed E-state index contributed by atoms with van der Waals surface area (Å²) in [5, 5.41) is 3.62. The normalized spacial score (nSPS) is 13.3. The van der Waals surface area contributed by atoms with Crippen molar-refractivity contribution in [3.63, 3.8) is 0 Å². The van der Waals surface area contributed by atoms with Gasteiger partial charge in [-0.25, -0.2) is 14.8 Å². The highest BCUT2D eigenvalue weighted by molar-refractivity contribution is 7.19. The van der Waals surface area contributed by atoms with Crippen molar-refractivity contribution < 1.29 is 18.7 Å². The summed E-state index contributed by atoms with van der Waals surface area (Å²) in [6.45, 7) is -0.123. The van der Waals surface area contributed by atoms with Crippen LogP contribution in [0, 0.1) is 0 Å². The number of aromatic nitrogens is 2. The predicted octanol–water partition coefficient (Wildman–Crippen LogP) is 4.74. The molecule has 0 unspecified atom stereocenters. The molecule has 33 heavy (non-hydrogen) atoms. The Bertz CT molecular complexity index is 1330. The first-order chi connectivity index (χ1) is 16.1. The number of benzene rings is 1. The van der Waals surface area contributed by atoms with Gasteiger partial charge in [-0.15, -0.1) is 11.3 Å². The molecule has 1 aromatic carbocycles. The molecular weight excluding hydrogens is 440 g/mol. The van der Waals surface area contributed by atoms with Crippen molar-refractivity contribution in [2.75, 3.05) is 11.1 Å². The summed E-state index contributed by atoms with van der Waals surface area (Å²) in [7, 11) is 0. The lowest BCUT2D eigenvalue weighted by molar-refractivity contribution is 0.0464. The van der Waals surface area contributed by atoms with Crippen LogP contribution in [0.5, 0.6) is 0 Å². The molecule has 0 saturated carbocycles. The molecule has 0 aliphatic heterocycles. The highest BCUT2D eigenvalue weighted by Gasteiger charge is 2.21. The van der Waals surface area contributed by atoms with Crippen LogP contribution in [0.3, 0.4) is 0 Å². The summed E-state index contributed by atoms with van der Waals surface area (Å²) >= 11 is 1.65. The lowest BCUT2D eigenvalue weighted by Crippen LogP contribution is -2.15. The number of para-hydroxylation sites is 1. The van der Waals surface area contributed by atoms with Crippen LogP contribution in [0.15, 0.2) is 47.1 Å². The predicted molar refractivity (Wildman–Crippen MR) is 125 cm³/mol. The zero-order chi connectivity index (χ0) is 22.8. The fraction of sp³-hybridized carbons (Fsp3) is 0.250. The van der Waals surface area contributed by atoms with Crippen molar-refractivity contribution in [2.45, 2.75) is 38.7 Å². The van der Waals surface area contributed by atoms with Crippen molar-refractivity contribution >= 4 is 44.9 Å². The van der Waals surface area contributed by atoms with Gasteiger partial charge < -0.3 is 20.2 Å². The SMILES string of the molecule is Nc1nc(COC(=O)c2ccccc2NC(=O)c2ccco2)nc2sc3c(c12)CCCCC3. The van der Waals surface area contributed by atoms with Crippen LogP contribution >= 0.6 is 11.3 Å². The van der Waals surface area contributed by atoms with Gasteiger partial charge in [-0.05, 0) is 55.5 Å². The van der Waals surface area contributed by atoms with Crippen LogP contribution in [0.25, 0.3) is 10.2 Å². The Kier molecular flexibility index (Phi) is 5.78. The van der Waals surface area contributed by atoms with E-state index in [0.717, 1.165) is 29.5 Å². The number of hydrogen-bond donors (Lipinski definition) is 2. The Balaban J connectivity index is 1.33. The van der Waals surface area contributed by atoms with Crippen LogP contribution in [-0.2, 0) is 24.2 Å². The third-order valence-corrected chi connectivity index (χ3v) is 6.80. The van der Waals surface area contributed by atoms with E-state index in [0.29, 0.717) is 17.3 Å². The number of nitrogens with two attached hydrogens (primary N) is 1. The van der Waals surface area contributed by atoms with Crippen molar-refractivity contribution in [1.29, 1.82) is 0 Å². The number of hydrogen-bond acceptors (Lipinski definition) is 8. The van der Waals surface area contributed by atoms with E-state index < -0.39 is 11.9 Å². The molecule has 5 rings (SSSR count). The summed E-state index contributed by atoms with van der Waals surface area (Å²) < 4.78 is 10.6. The lowest BCUT2D eigenvalue weighted by Gasteiger charge is -2.10. The summed E-state index contributed by atoms with van der Waals surface area (Å²) in [4.78, 5) is 36.3. The van der Waals surface area contributed by atoms with Gasteiger partial charge in [-0.2, -0.15) is 0 Å². The first-order valence-corrected chi connectivity index (χ1v) is 11.6. The number of nitrogens with one attached hydrogen (secondary N) is 1. The summed E-state index contributed by atoms with van der Waals surface area (Å²) in [5.41, 5.74) is 8.09. The topological polar surface area (TPSA) is 120 Å². The Morgan fingerprint density at radius 1 is 1.09 bits per heavy atom. The maximum absolute atomic E-state index is 12.8. The average Bonchev–Trinajstić information content (AvgIpc) is 3.41. The molecule has 0 fully saturated rings. The molecule has 9 heteroatoms. The van der Waals surface area contributed by atoms with Crippen molar-refractivity contribution in [1.82, 2.24) is 9.97 Å². The number of thiophene rings is 1. The minimum Gasteiger partial charge on any atom is -0.459 e. The summed E-state index contributed by atoms with van der Waals surface area (Å²) in [6.07, 6.45) is 6.99. The fourth-order valence-corrected chi connectivity index (χ4v) is 5.33. The monoisotopic (exact) mass is 462 g/mol. The molecule has 3 N–H and O–H groups in total. The zero-order valence-electron chi connectivity index (χ0n) is 17.8. The molecule has 4 aromatic rings. The lowest BCUT2D eigenvalue weighted by atomic mass is 10.1. The van der Waals surface area contributed by atoms with Gasteiger partial charge in [0.1, 0.15) is 10.6 Å². The number of nitrogen functional groups attached to an aromatic ring is 1. The number of aryl methyl sites for hydroxylation is 2. The van der Waals surface area contributed by atoms with E-state index >= 15 is 0 Å². The standard InChI is InChI=1S/C24H22N4O4S/c25-21-20-15-8-2-1-3-11-18(15)33-23(20)28-19(27-21)13-32-24(30)14-7-4-5-9-16(14)26-22(29)17-10-6-12-31-17/h4-7,9-10,12H,1-3,8,11,13H2,(H,26,29)(H2,25,27,28). The third kappa shape index (κ3) is 4.31. The number of fused-ring (bicyclic) bond motifs is 3. The van der Waals surface area contributed by atoms with Gasteiger partial charge in [0.25, 0.3) is 5.91 Å². The van der Waals surface area contributed by atoms with Crippen molar-refractivity contribution in [2.24, 2.45) is 0 Å². The molecule has 1 aliphatic rings. The van der Waals surface area contributed by atoms with Crippen LogP contribution in [0.2, 0.25) is 0 Å². The van der Waals surface area contributed by atoms with Gasteiger partial charge in [0.15, 0.2) is 18.2 Å². The van der Waals surface area contributed by atoms with Gasteiger partial charge in [0, 0.05) is 4.88 Å². The van der Waals surface area contributed by atoms with Crippen molar-refractivity contribution in [3.8, 4) is 0 Å². The molecule has 0 saturated heterocycles. The van der Waals surface area contributed by atoms with Crippen LogP contribution in [-0.4, -0.2) is 21.8 Å². The van der Waals surface area contributed by atoms with Crippen molar-refractivity contribution in [3.05, 3.63) is 70.3 Å². The molecule has 1 amide bonds. The summed E-state index contributed by atoms with van der Waals surface area (Å²) in [6, 6.07) is 9.76. The van der Waals surface area contributed by atoms with Gasteiger partial charge in [-0.3, -0.25) is 4.79 Å². The smallest absolute Gasteiger partial charge is 0.340 e. The fourth-order valence-electron chi connectivity index (χ4n) is 4.04. The highest BCUT2D eigenvalue weighted by atomic mass is 32.1. The maximum Gasteiger partial charge on any atom is 0.340 e. The first kappa shape index (κ1) is 21.1. The number of ether oxygens (including phenoxy) is 1. The van der Waals surface area contributed by atoms with E-state index in [1.807, 2.05) is 0 Å². The largest absolute Gasteiger partial charge is 0.459 e. The quantitative estimate of drug-likeness (QED) is 0.324. The molecule has 0 radical (unpaired) electrons. The molecule has 0 atom stereocenters. The maximum atomic E-state index is 12.8. The molecule has 0 spiro atoms. The number of carbonyl (C=O) groups is 2. The number of nitrogens with zero attached hydrogens (tertiary/aromatic N) is 2. The Morgan fingerprint density at radius 3 is 2.79 bits per heavy atom. The minimum absolute atomic E-state index is 0.123. The van der Waals surface area contributed by atoms with E-state index in [1.54, 1.807) is 41.7 Å². The van der Waals surface area contributed by atoms with Gasteiger partial charge in [-0.1, -0.05) is 18.6 Å². The van der Waals surface area contributed by atoms with Gasteiger partial charge >= 0.3 is 5.97 Å². The van der Waals surface area contributed by atoms with Crippen LogP contribution in [0.4, 0.5) is 11.5 Å². The Morgan fingerprint density at radius 2 is 1.94 bits per heavy atom. The number of furan rings is 1. The number of rotatable bonds is 5. The average molecular weight is 463 g/mol. The molecule has 3 aromatic heterocycles. The molecule has 0 bridgehead atoms. The molecular formula is C24H22N4O4S. The summed E-state index contributed by atoms with van der Waals surface area (Å²) in [5.74, 6) is -0.142. The second kappa shape index (κ2) is 9.03. The third-order valence-electron chi connectivity index (χ3n) is 5.61. The second-order valence-electron chi connectivity index (χ2n) is 7.82. The van der Waals surface area contributed by atoms with Gasteiger partial charge in [0.05, 0.1) is 22.9 Å². The van der Waals surface area contributed by atoms with E-state index in [1.165, 1.54) is 35.6 Å². The molecule has 1 aliphatic carbocycles. The number of carbonyl (C=O) groups excluding carboxylic acids is 2. The Labute approximate surface area is 193 Å². The number of amides is 1. The van der Waals surface area contributed by atoms with E-state index in [4.69, 9.17) is 14.9 Å². The molecule has 8 nitrogen and oxygen atoms in total. The molecule has 3 heterocycles. The number of esters is 1. The van der Waals surface area contributed by atoms with E-state index in [2.05, 4.69) is 15.3 Å². The van der Waals surface area contributed by atoms with E-state index in [9.17, 15) is 9.59 Å². The zero-order valence-corrected chi connectivity index (χ0v) is 18.6. The number of anilines is 2. The first-order valence-electron chi connectivity index (χ1n) is 10.8. The van der Waals surface area contributed by atoms with Crippen LogP contribution < -0.4 is 11.1 Å². The van der Waals surface area contributed by atoms with Crippen LogP contribution in [0.1, 0.15) is 56.4 Å². The van der Waals surface area contributed by atoms with Gasteiger partial charge in [0.2, 0.25) is 0 Å². The Hall–Kier alpha value is -3.72. The highest BCUT2D eigenvalue weighted by Crippen LogP contribution is 2.37. The second-order valence-corrected chi connectivity index (χ2v) is 8.91. The molecule has 168 valence electrons.